The van der Waals surface area contributed by atoms with Gasteiger partial charge in [-0.25, -0.2) is 0 Å². The van der Waals surface area contributed by atoms with Crippen molar-refractivity contribution in [3.63, 3.8) is 0 Å². The van der Waals surface area contributed by atoms with Gasteiger partial charge in [0.15, 0.2) is 5.78 Å². The molecule has 0 bridgehead atoms. The average molecular weight is 377 g/mol. The normalized spacial score (nSPS) is 12.2. The Labute approximate surface area is 154 Å². The fourth-order valence-electron chi connectivity index (χ4n) is 1.86. The summed E-state index contributed by atoms with van der Waals surface area (Å²) >= 11 is 11.6. The highest BCUT2D eigenvalue weighted by Gasteiger charge is 2.00. The first-order valence-corrected chi connectivity index (χ1v) is 7.88. The number of ketones is 1. The van der Waals surface area contributed by atoms with Gasteiger partial charge in [0.05, 0.1) is 10.0 Å². The summed E-state index contributed by atoms with van der Waals surface area (Å²) in [5.41, 5.74) is 1.29. The number of phenolic OH excluding ortho intramolecular Hbond substituents is 2. The Morgan fingerprint density at radius 3 is 1.80 bits per heavy atom. The van der Waals surface area contributed by atoms with Gasteiger partial charge in [-0.3, -0.25) is 4.79 Å². The minimum atomic E-state index is -0.421. The minimum absolute atomic E-state index is 0.0340. The fourth-order valence-corrected chi connectivity index (χ4v) is 2.23. The summed E-state index contributed by atoms with van der Waals surface area (Å²) in [5, 5.41) is 28.8. The van der Waals surface area contributed by atoms with E-state index in [1.165, 1.54) is 42.5 Å². The van der Waals surface area contributed by atoms with Gasteiger partial charge in [-0.05, 0) is 47.5 Å². The highest BCUT2D eigenvalue weighted by atomic mass is 35.5. The van der Waals surface area contributed by atoms with E-state index in [1.807, 2.05) is 0 Å². The van der Waals surface area contributed by atoms with E-state index in [2.05, 4.69) is 0 Å². The van der Waals surface area contributed by atoms with Gasteiger partial charge in [0.25, 0.3) is 0 Å². The number of aromatic hydroxyl groups is 2. The van der Waals surface area contributed by atoms with Crippen LogP contribution in [0.25, 0.3) is 12.2 Å². The lowest BCUT2D eigenvalue weighted by molar-refractivity contribution is -0.110. The molecule has 4 nitrogen and oxygen atoms in total. The van der Waals surface area contributed by atoms with E-state index in [-0.39, 0.29) is 27.3 Å². The molecular weight excluding hydrogens is 363 g/mol. The van der Waals surface area contributed by atoms with Crippen LogP contribution in [0, 0.1) is 0 Å². The smallest absolute Gasteiger partial charge is 0.182 e. The molecule has 0 saturated carbocycles. The average Bonchev–Trinajstić information content (AvgIpc) is 2.57. The van der Waals surface area contributed by atoms with Gasteiger partial charge in [-0.2, -0.15) is 0 Å². The van der Waals surface area contributed by atoms with Crippen molar-refractivity contribution >= 4 is 41.1 Å². The molecule has 2 rings (SSSR count). The maximum absolute atomic E-state index is 11.8. The summed E-state index contributed by atoms with van der Waals surface area (Å²) in [6, 6.07) is 9.10. The molecule has 0 aliphatic rings. The molecule has 128 valence electrons. The van der Waals surface area contributed by atoms with E-state index in [4.69, 9.17) is 23.2 Å². The zero-order valence-corrected chi connectivity index (χ0v) is 14.4. The summed E-state index contributed by atoms with van der Waals surface area (Å²) in [6.07, 6.45) is 6.72. The molecule has 2 aromatic carbocycles. The summed E-state index contributed by atoms with van der Waals surface area (Å²) in [4.78, 5) is 11.8. The number of benzene rings is 2. The van der Waals surface area contributed by atoms with Crippen molar-refractivity contribution in [2.24, 2.45) is 0 Å². The van der Waals surface area contributed by atoms with E-state index in [0.717, 1.165) is 6.08 Å². The predicted octanol–water partition coefficient (Wildman–Crippen LogP) is 5.14. The topological polar surface area (TPSA) is 77.8 Å². The van der Waals surface area contributed by atoms with Crippen molar-refractivity contribution in [1.82, 2.24) is 0 Å². The third kappa shape index (κ3) is 5.71. The van der Waals surface area contributed by atoms with E-state index in [0.29, 0.717) is 11.1 Å². The number of phenols is 2. The Morgan fingerprint density at radius 1 is 0.840 bits per heavy atom. The third-order valence-corrected chi connectivity index (χ3v) is 3.73. The quantitative estimate of drug-likeness (QED) is 0.383. The van der Waals surface area contributed by atoms with Gasteiger partial charge >= 0.3 is 0 Å². The molecule has 25 heavy (non-hydrogen) atoms. The zero-order chi connectivity index (χ0) is 18.4. The molecule has 0 heterocycles. The summed E-state index contributed by atoms with van der Waals surface area (Å²) < 4.78 is 0. The first kappa shape index (κ1) is 18.6. The highest BCUT2D eigenvalue weighted by molar-refractivity contribution is 6.32. The van der Waals surface area contributed by atoms with Crippen LogP contribution >= 0.6 is 23.2 Å². The lowest BCUT2D eigenvalue weighted by Gasteiger charge is -1.98. The molecule has 0 amide bonds. The number of aliphatic hydroxyl groups excluding tert-OH is 1. The lowest BCUT2D eigenvalue weighted by atomic mass is 10.1. The molecule has 2 aromatic rings. The van der Waals surface area contributed by atoms with Crippen LogP contribution in [0.1, 0.15) is 11.1 Å². The van der Waals surface area contributed by atoms with Crippen LogP contribution in [-0.4, -0.2) is 21.1 Å². The fraction of sp³-hybridized carbons (Fsp3) is 0. The van der Waals surface area contributed by atoms with Gasteiger partial charge in [-0.15, -0.1) is 0 Å². The lowest BCUT2D eigenvalue weighted by Crippen LogP contribution is -1.88. The number of carbonyl (C=O) groups is 1. The number of carbonyl (C=O) groups excluding carboxylic acids is 1. The second-order valence-electron chi connectivity index (χ2n) is 5.06. The van der Waals surface area contributed by atoms with E-state index in [9.17, 15) is 20.1 Å². The van der Waals surface area contributed by atoms with Gasteiger partial charge in [-0.1, -0.05) is 47.5 Å². The van der Waals surface area contributed by atoms with Crippen molar-refractivity contribution in [2.75, 3.05) is 0 Å². The summed E-state index contributed by atoms with van der Waals surface area (Å²) in [6.45, 7) is 0. The maximum atomic E-state index is 11.8. The predicted molar refractivity (Wildman–Crippen MR) is 100 cm³/mol. The Hall–Kier alpha value is -2.69. The minimum Gasteiger partial charge on any atom is -0.508 e. The Bertz CT molecular complexity index is 883. The van der Waals surface area contributed by atoms with Crippen LogP contribution in [0.3, 0.4) is 0 Å². The molecule has 0 fully saturated rings. The molecule has 0 spiro atoms. The first-order chi connectivity index (χ1) is 11.8. The molecule has 0 atom stereocenters. The van der Waals surface area contributed by atoms with Gasteiger partial charge in [0.1, 0.15) is 17.3 Å². The third-order valence-electron chi connectivity index (χ3n) is 3.12. The van der Waals surface area contributed by atoms with Gasteiger partial charge in [0, 0.05) is 6.08 Å². The molecule has 0 aliphatic heterocycles. The number of hydrogen-bond donors (Lipinski definition) is 3. The number of rotatable bonds is 5. The second-order valence-corrected chi connectivity index (χ2v) is 5.87. The maximum Gasteiger partial charge on any atom is 0.182 e. The van der Waals surface area contributed by atoms with Crippen molar-refractivity contribution in [3.05, 3.63) is 81.6 Å². The zero-order valence-electron chi connectivity index (χ0n) is 12.9. The number of hydrogen-bond acceptors (Lipinski definition) is 4. The van der Waals surface area contributed by atoms with Crippen molar-refractivity contribution < 1.29 is 20.1 Å². The number of halogens is 2. The van der Waals surface area contributed by atoms with E-state index < -0.39 is 5.78 Å². The monoisotopic (exact) mass is 376 g/mol. The first-order valence-electron chi connectivity index (χ1n) is 7.13. The van der Waals surface area contributed by atoms with Crippen LogP contribution in [0.4, 0.5) is 0 Å². The van der Waals surface area contributed by atoms with Crippen LogP contribution in [-0.2, 0) is 4.79 Å². The van der Waals surface area contributed by atoms with E-state index >= 15 is 0 Å². The van der Waals surface area contributed by atoms with E-state index in [1.54, 1.807) is 18.2 Å². The molecule has 0 aliphatic carbocycles. The molecule has 0 aromatic heterocycles. The van der Waals surface area contributed by atoms with Crippen molar-refractivity contribution in [2.45, 2.75) is 0 Å². The molecule has 3 N–H and O–H groups in total. The Morgan fingerprint density at radius 2 is 1.32 bits per heavy atom. The van der Waals surface area contributed by atoms with Gasteiger partial charge in [0.2, 0.25) is 0 Å². The molecule has 0 saturated heterocycles. The van der Waals surface area contributed by atoms with Crippen LogP contribution in [0.2, 0.25) is 10.0 Å². The van der Waals surface area contributed by atoms with Crippen molar-refractivity contribution in [3.8, 4) is 11.5 Å². The number of aliphatic hydroxyl groups is 1. The number of allylic oxidation sites excluding steroid dienone is 3. The van der Waals surface area contributed by atoms with Crippen molar-refractivity contribution in [1.29, 1.82) is 0 Å². The molecule has 0 radical (unpaired) electrons. The van der Waals surface area contributed by atoms with Crippen LogP contribution in [0.5, 0.6) is 11.5 Å². The highest BCUT2D eigenvalue weighted by Crippen LogP contribution is 2.25. The van der Waals surface area contributed by atoms with Crippen LogP contribution < -0.4 is 0 Å². The standard InChI is InChI=1S/C19H14Cl2O4/c20-16-9-12(3-7-18(16)24)1-5-14(22)11-15(23)6-2-13-4-8-19(25)17(21)10-13/h1-11,22,24-25H/b5-1+,6-2+,14-11-. The molecular formula is C19H14Cl2O4. The van der Waals surface area contributed by atoms with Gasteiger partial charge < -0.3 is 15.3 Å². The largest absolute Gasteiger partial charge is 0.508 e. The Balaban J connectivity index is 2.03. The Kier molecular flexibility index (Phi) is 6.28. The molecule has 0 unspecified atom stereocenters. The molecule has 6 heteroatoms. The van der Waals surface area contributed by atoms with Crippen LogP contribution in [0.15, 0.2) is 60.4 Å². The SMILES string of the molecule is O=C(/C=C(O)/C=C/c1ccc(O)c(Cl)c1)/C=C/c1ccc(O)c(Cl)c1. The summed E-state index contributed by atoms with van der Waals surface area (Å²) in [5.74, 6) is -0.729. The second kappa shape index (κ2) is 8.42. The summed E-state index contributed by atoms with van der Waals surface area (Å²) in [7, 11) is 0.